The molecule has 12 rings (SSSR count). The van der Waals surface area contributed by atoms with Crippen molar-refractivity contribution in [2.45, 2.75) is 63.5 Å². The number of aromatic amines is 2. The van der Waals surface area contributed by atoms with E-state index in [-0.39, 0.29) is 80.0 Å². The summed E-state index contributed by atoms with van der Waals surface area (Å²) in [5.74, 6) is 1.77. The number of H-pyrrole nitrogens is 2. The molecule has 0 atom stereocenters. The Labute approximate surface area is 565 Å². The van der Waals surface area contributed by atoms with Gasteiger partial charge in [-0.15, -0.1) is 0 Å². The van der Waals surface area contributed by atoms with Gasteiger partial charge in [-0.25, -0.2) is 67.0 Å². The number of hydrogen-bond acceptors (Lipinski definition) is 28. The van der Waals surface area contributed by atoms with Crippen molar-refractivity contribution in [3.63, 3.8) is 0 Å². The number of nitrogens with one attached hydrogen (secondary N) is 9. The first-order valence-electron chi connectivity index (χ1n) is 29.6. The van der Waals surface area contributed by atoms with Crippen LogP contribution in [0.3, 0.4) is 0 Å². The fourth-order valence-corrected chi connectivity index (χ4v) is 13.3. The quantitative estimate of drug-likeness (QED) is 0.0400. The maximum absolute atomic E-state index is 12.3. The van der Waals surface area contributed by atoms with Crippen LogP contribution in [0.15, 0.2) is 164 Å². The molecule has 1 saturated carbocycles. The van der Waals surface area contributed by atoms with E-state index in [0.717, 1.165) is 10.1 Å². The predicted molar refractivity (Wildman–Crippen MR) is 364 cm³/mol. The van der Waals surface area contributed by atoms with Crippen molar-refractivity contribution < 1.29 is 61.8 Å². The van der Waals surface area contributed by atoms with Gasteiger partial charge in [0.2, 0.25) is 79.7 Å². The minimum atomic E-state index is -3.88. The standard InChI is InChI=1S/C23H26N8O7S2.C18H22N6O3S.C17H16N8O4S2/c1-15(34)31-22-20(14-24-31)21(27-16-2-6-18(7-3-16)39(35,36)25-10-12-32)29-23(30-22)28-17-4-8-19(9-5-17)40(37,38)26-11-13-33;19-28(25,26)14-8-6-13(7-9-14)21-18-22-16-15(10-20-24-16)17(23-18)27-11-12-4-2-1-3-5-12;18-30(26,27)12-5-1-3-10(7-12)21-15-14-9-20-25-16(14)24-17(23-15)22-11-4-2-6-13(8-11)31(19,28)29/h2-9,14,25-26,32-33H,10-13H2,1H3,(H2,27,28,29,30);6-10,12H,1-5,11H2,(H2,19,25,26)(H2,20,21,22,23,24);1-9H,(H2,18,26,27)(H2,19,28,29)(H3,20,21,22,23,24,25). The van der Waals surface area contributed by atoms with Gasteiger partial charge in [0.1, 0.15) is 17.0 Å². The number of nitrogens with zero attached hydrogens (tertiary/aromatic N) is 10. The number of anilines is 10. The average Bonchev–Trinajstić information content (AvgIpc) is 1.74. The molecular formula is C58H64N22O14S5. The number of carbonyl (C=O) groups is 1. The lowest BCUT2D eigenvalue weighted by Gasteiger charge is -2.21. The number of nitrogens with two attached hydrogens (primary N) is 3. The first kappa shape index (κ1) is 71.5. The molecule has 1 aliphatic carbocycles. The van der Waals surface area contributed by atoms with E-state index in [1.54, 1.807) is 30.5 Å². The molecule has 1 aliphatic rings. The second-order valence-corrected chi connectivity index (χ2v) is 29.9. The Balaban J connectivity index is 0.000000164. The van der Waals surface area contributed by atoms with Crippen LogP contribution in [-0.4, -0.2) is 151 Å². The molecule has 99 heavy (non-hydrogen) atoms. The molecule has 36 nitrogen and oxygen atoms in total. The number of sulfonamides is 5. The van der Waals surface area contributed by atoms with Crippen LogP contribution in [0.4, 0.5) is 57.9 Å². The molecule has 0 aliphatic heterocycles. The molecule has 6 heterocycles. The van der Waals surface area contributed by atoms with Crippen LogP contribution < -0.4 is 56.2 Å². The normalized spacial score (nSPS) is 13.0. The van der Waals surface area contributed by atoms with Gasteiger partial charge in [-0.3, -0.25) is 15.0 Å². The lowest BCUT2D eigenvalue weighted by molar-refractivity contribution is 0.0926. The van der Waals surface area contributed by atoms with Crippen LogP contribution in [0.1, 0.15) is 43.8 Å². The van der Waals surface area contributed by atoms with E-state index < -0.39 is 50.1 Å². The number of rotatable bonds is 24. The average molecular weight is 1450 g/mol. The smallest absolute Gasteiger partial charge is 0.245 e. The molecule has 17 N–H and O–H groups in total. The van der Waals surface area contributed by atoms with Gasteiger partial charge in [0.15, 0.2) is 16.9 Å². The minimum absolute atomic E-state index is 0.00287. The molecular weight excluding hydrogens is 1390 g/mol. The van der Waals surface area contributed by atoms with Crippen LogP contribution in [0, 0.1) is 5.92 Å². The Morgan fingerprint density at radius 1 is 0.505 bits per heavy atom. The molecule has 0 radical (unpaired) electrons. The van der Waals surface area contributed by atoms with Crippen molar-refractivity contribution in [1.82, 2.24) is 69.5 Å². The lowest BCUT2D eigenvalue weighted by atomic mass is 9.90. The highest BCUT2D eigenvalue weighted by atomic mass is 32.2. The number of aromatic nitrogens is 12. The summed E-state index contributed by atoms with van der Waals surface area (Å²) in [6, 6.07) is 29.4. The number of carbonyl (C=O) groups excluding carboxylic acids is 1. The number of benzene rings is 5. The summed E-state index contributed by atoms with van der Waals surface area (Å²) in [5, 5.41) is 67.6. The molecule has 6 aromatic heterocycles. The monoisotopic (exact) mass is 1450 g/mol. The molecule has 0 spiro atoms. The Kier molecular flexibility index (Phi) is 22.1. The van der Waals surface area contributed by atoms with Gasteiger partial charge in [-0.1, -0.05) is 31.4 Å². The number of fused-ring (bicyclic) bond motifs is 3. The molecule has 0 saturated heterocycles. The Morgan fingerprint density at radius 2 is 0.939 bits per heavy atom. The van der Waals surface area contributed by atoms with E-state index in [1.165, 1.54) is 148 Å². The highest BCUT2D eigenvalue weighted by Gasteiger charge is 2.22. The topological polar surface area (TPSA) is 552 Å². The zero-order chi connectivity index (χ0) is 70.7. The Hall–Kier alpha value is -10.3. The van der Waals surface area contributed by atoms with Crippen molar-refractivity contribution in [3.05, 3.63) is 140 Å². The zero-order valence-electron chi connectivity index (χ0n) is 52.0. The maximum atomic E-state index is 12.3. The first-order chi connectivity index (χ1) is 47.1. The van der Waals surface area contributed by atoms with Gasteiger partial charge in [-0.2, -0.15) is 49.9 Å². The van der Waals surface area contributed by atoms with Crippen LogP contribution in [0.2, 0.25) is 0 Å². The van der Waals surface area contributed by atoms with Crippen LogP contribution in [0.25, 0.3) is 33.1 Å². The minimum Gasteiger partial charge on any atom is -0.477 e. The molecule has 0 bridgehead atoms. The lowest BCUT2D eigenvalue weighted by Crippen LogP contribution is -2.26. The van der Waals surface area contributed by atoms with Gasteiger partial charge >= 0.3 is 0 Å². The molecule has 11 aromatic rings. The molecule has 41 heteroatoms. The summed E-state index contributed by atoms with van der Waals surface area (Å²) in [4.78, 5) is 38.5. The largest absolute Gasteiger partial charge is 0.477 e. The van der Waals surface area contributed by atoms with Gasteiger partial charge in [0.25, 0.3) is 0 Å². The number of hydrogen-bond donors (Lipinski definition) is 14. The SMILES string of the molecule is CC(=O)n1ncc2c(Nc3ccc(S(=O)(=O)NCCO)cc3)nc(Nc3ccc(S(=O)(=O)NCCO)cc3)nc21.NS(=O)(=O)c1ccc(Nc2nc(OCC3CCCCC3)c3cn[nH]c3n2)cc1.NS(=O)(=O)c1cccc(Nc2nc(Nc3cccc(S(N)(=O)=O)c3)c3cn[nH]c3n2)c1. The molecule has 520 valence electrons. The maximum Gasteiger partial charge on any atom is 0.245 e. The summed E-state index contributed by atoms with van der Waals surface area (Å²) in [7, 11) is -19.1. The summed E-state index contributed by atoms with van der Waals surface area (Å²) in [5.41, 5.74) is 3.54. The predicted octanol–water partition coefficient (Wildman–Crippen LogP) is 4.35. The summed E-state index contributed by atoms with van der Waals surface area (Å²) >= 11 is 0. The third-order valence-electron chi connectivity index (χ3n) is 14.4. The van der Waals surface area contributed by atoms with Gasteiger partial charge in [0, 0.05) is 48.5 Å². The van der Waals surface area contributed by atoms with Crippen LogP contribution in [0.5, 0.6) is 5.88 Å². The molecule has 5 aromatic carbocycles. The van der Waals surface area contributed by atoms with Crippen molar-refractivity contribution >= 4 is 147 Å². The van der Waals surface area contributed by atoms with E-state index in [2.05, 4.69) is 91.4 Å². The molecule has 0 amide bonds. The number of primary sulfonamides is 3. The fraction of sp³-hybridized carbons (Fsp3) is 0.207. The second kappa shape index (κ2) is 30.6. The van der Waals surface area contributed by atoms with E-state index in [9.17, 15) is 46.9 Å². The van der Waals surface area contributed by atoms with Crippen LogP contribution in [-0.2, 0) is 50.1 Å². The summed E-state index contributed by atoms with van der Waals surface area (Å²) in [6.45, 7) is 1.04. The third kappa shape index (κ3) is 18.7. The summed E-state index contributed by atoms with van der Waals surface area (Å²) < 4.78 is 130. The molecule has 0 unspecified atom stereocenters. The summed E-state index contributed by atoms with van der Waals surface area (Å²) in [6.07, 6.45) is 10.7. The Bertz CT molecular complexity index is 5320. The van der Waals surface area contributed by atoms with E-state index in [4.69, 9.17) is 30.4 Å². The Morgan fingerprint density at radius 3 is 1.44 bits per heavy atom. The fourth-order valence-electron chi connectivity index (χ4n) is 9.65. The second-order valence-electron chi connectivity index (χ2n) is 21.7. The van der Waals surface area contributed by atoms with Gasteiger partial charge in [-0.05, 0) is 128 Å². The number of aliphatic hydroxyl groups excluding tert-OH is 2. The number of ether oxygens (including phenoxy) is 1. The van der Waals surface area contributed by atoms with E-state index in [0.29, 0.717) is 80.7 Å². The zero-order valence-corrected chi connectivity index (χ0v) is 56.0. The number of aliphatic hydroxyl groups is 2. The highest BCUT2D eigenvalue weighted by Crippen LogP contribution is 2.32. The molecule has 1 fully saturated rings. The third-order valence-corrected chi connectivity index (χ3v) is 20.1. The van der Waals surface area contributed by atoms with Crippen LogP contribution >= 0.6 is 0 Å². The first-order valence-corrected chi connectivity index (χ1v) is 37.2. The van der Waals surface area contributed by atoms with Crippen molar-refractivity contribution in [2.24, 2.45) is 21.3 Å². The van der Waals surface area contributed by atoms with Crippen molar-refractivity contribution in [2.75, 3.05) is 59.5 Å². The van der Waals surface area contributed by atoms with E-state index in [1.807, 2.05) is 0 Å². The van der Waals surface area contributed by atoms with Gasteiger partial charge < -0.3 is 41.5 Å². The van der Waals surface area contributed by atoms with Crippen molar-refractivity contribution in [1.29, 1.82) is 0 Å². The highest BCUT2D eigenvalue weighted by molar-refractivity contribution is 7.90. The van der Waals surface area contributed by atoms with Gasteiger partial charge in [0.05, 0.1) is 73.7 Å². The van der Waals surface area contributed by atoms with Crippen molar-refractivity contribution in [3.8, 4) is 5.88 Å². The van der Waals surface area contributed by atoms with E-state index >= 15 is 0 Å².